The van der Waals surface area contributed by atoms with Crippen molar-refractivity contribution in [3.05, 3.63) is 16.6 Å². The molecule has 1 saturated carbocycles. The van der Waals surface area contributed by atoms with Crippen molar-refractivity contribution in [2.45, 2.75) is 33.2 Å². The van der Waals surface area contributed by atoms with Crippen LogP contribution in [0.25, 0.3) is 0 Å². The molecule has 1 aromatic rings. The van der Waals surface area contributed by atoms with Gasteiger partial charge in [0.25, 0.3) is 0 Å². The van der Waals surface area contributed by atoms with Crippen molar-refractivity contribution in [1.82, 2.24) is 9.69 Å². The summed E-state index contributed by atoms with van der Waals surface area (Å²) in [6, 6.07) is 2.72. The predicted octanol–water partition coefficient (Wildman–Crippen LogP) is 2.76. The maximum Gasteiger partial charge on any atom is 0.0514 e. The average molecular weight is 210 g/mol. The van der Waals surface area contributed by atoms with Gasteiger partial charge in [0.2, 0.25) is 0 Å². The molecule has 0 aromatic carbocycles. The molecule has 2 atom stereocenters. The fourth-order valence-electron chi connectivity index (χ4n) is 2.15. The fourth-order valence-corrected chi connectivity index (χ4v) is 3.07. The molecule has 0 radical (unpaired) electrons. The van der Waals surface area contributed by atoms with E-state index >= 15 is 0 Å². The van der Waals surface area contributed by atoms with Crippen LogP contribution < -0.4 is 5.32 Å². The van der Waals surface area contributed by atoms with E-state index in [1.807, 2.05) is 7.05 Å². The van der Waals surface area contributed by atoms with E-state index in [-0.39, 0.29) is 0 Å². The number of aromatic nitrogens is 1. The molecule has 2 rings (SSSR count). The summed E-state index contributed by atoms with van der Waals surface area (Å²) in [6.07, 6.45) is 1.33. The van der Waals surface area contributed by atoms with Crippen molar-refractivity contribution in [3.63, 3.8) is 0 Å². The zero-order valence-electron chi connectivity index (χ0n) is 9.29. The van der Waals surface area contributed by atoms with Crippen LogP contribution in [0.2, 0.25) is 0 Å². The number of hydrogen-bond acceptors (Lipinski definition) is 3. The Morgan fingerprint density at radius 2 is 2.29 bits per heavy atom. The molecular weight excluding hydrogens is 192 g/mol. The van der Waals surface area contributed by atoms with Gasteiger partial charge in [-0.2, -0.15) is 4.37 Å². The van der Waals surface area contributed by atoms with E-state index in [2.05, 4.69) is 36.5 Å². The van der Waals surface area contributed by atoms with Gasteiger partial charge in [-0.25, -0.2) is 0 Å². The standard InChI is InChI=1S/C11H18N2S/c1-7-5-9(14-13-7)10(12-4)8-6-11(8,2)3/h5,8,10,12H,6H2,1-4H3. The van der Waals surface area contributed by atoms with Gasteiger partial charge in [-0.3, -0.25) is 0 Å². The summed E-state index contributed by atoms with van der Waals surface area (Å²) >= 11 is 1.64. The third-order valence-corrected chi connectivity index (χ3v) is 4.22. The van der Waals surface area contributed by atoms with Gasteiger partial charge >= 0.3 is 0 Å². The normalized spacial score (nSPS) is 26.1. The lowest BCUT2D eigenvalue weighted by Gasteiger charge is -2.15. The van der Waals surface area contributed by atoms with E-state index < -0.39 is 0 Å². The number of aryl methyl sites for hydroxylation is 1. The van der Waals surface area contributed by atoms with Crippen LogP contribution >= 0.6 is 11.5 Å². The SMILES string of the molecule is CNC(c1cc(C)ns1)C1CC1(C)C. The highest BCUT2D eigenvalue weighted by Gasteiger charge is 2.50. The number of hydrogen-bond donors (Lipinski definition) is 1. The summed E-state index contributed by atoms with van der Waals surface area (Å²) in [5.74, 6) is 0.785. The summed E-state index contributed by atoms with van der Waals surface area (Å²) in [4.78, 5) is 1.39. The highest BCUT2D eigenvalue weighted by molar-refractivity contribution is 7.05. The summed E-state index contributed by atoms with van der Waals surface area (Å²) in [5.41, 5.74) is 1.66. The summed E-state index contributed by atoms with van der Waals surface area (Å²) in [7, 11) is 2.05. The van der Waals surface area contributed by atoms with E-state index in [1.165, 1.54) is 11.3 Å². The lowest BCUT2D eigenvalue weighted by Crippen LogP contribution is -2.19. The topological polar surface area (TPSA) is 24.9 Å². The lowest BCUT2D eigenvalue weighted by molar-refractivity contribution is 0.446. The maximum atomic E-state index is 4.35. The van der Waals surface area contributed by atoms with Gasteiger partial charge in [0.1, 0.15) is 0 Å². The Labute approximate surface area is 89.9 Å². The minimum absolute atomic E-state index is 0.510. The number of nitrogens with one attached hydrogen (secondary N) is 1. The molecule has 1 heterocycles. The van der Waals surface area contributed by atoms with Gasteiger partial charge < -0.3 is 5.32 Å². The highest BCUT2D eigenvalue weighted by Crippen LogP contribution is 2.58. The smallest absolute Gasteiger partial charge is 0.0514 e. The zero-order chi connectivity index (χ0) is 10.3. The Balaban J connectivity index is 2.15. The largest absolute Gasteiger partial charge is 0.312 e. The van der Waals surface area contributed by atoms with Crippen molar-refractivity contribution < 1.29 is 0 Å². The Morgan fingerprint density at radius 3 is 2.64 bits per heavy atom. The van der Waals surface area contributed by atoms with Crippen molar-refractivity contribution in [3.8, 4) is 0 Å². The molecule has 0 amide bonds. The van der Waals surface area contributed by atoms with Crippen LogP contribution in [0.1, 0.15) is 36.9 Å². The van der Waals surface area contributed by atoms with Gasteiger partial charge in [-0.1, -0.05) is 13.8 Å². The lowest BCUT2D eigenvalue weighted by atomic mass is 10.0. The van der Waals surface area contributed by atoms with Crippen molar-refractivity contribution >= 4 is 11.5 Å². The molecule has 1 aliphatic rings. The van der Waals surface area contributed by atoms with Crippen molar-refractivity contribution in [1.29, 1.82) is 0 Å². The molecule has 0 bridgehead atoms. The molecule has 2 nitrogen and oxygen atoms in total. The van der Waals surface area contributed by atoms with Crippen molar-refractivity contribution in [2.24, 2.45) is 11.3 Å². The second-order valence-corrected chi connectivity index (χ2v) is 5.77. The van der Waals surface area contributed by atoms with Crippen LogP contribution in [0.5, 0.6) is 0 Å². The van der Waals surface area contributed by atoms with E-state index in [4.69, 9.17) is 0 Å². The third kappa shape index (κ3) is 1.71. The van der Waals surface area contributed by atoms with Gasteiger partial charge in [-0.05, 0) is 49.3 Å². The fraction of sp³-hybridized carbons (Fsp3) is 0.727. The first kappa shape index (κ1) is 10.1. The quantitative estimate of drug-likeness (QED) is 0.830. The van der Waals surface area contributed by atoms with Gasteiger partial charge in [0, 0.05) is 10.9 Å². The van der Waals surface area contributed by atoms with E-state index in [1.54, 1.807) is 11.5 Å². The van der Waals surface area contributed by atoms with Crippen LogP contribution in [0.3, 0.4) is 0 Å². The van der Waals surface area contributed by atoms with E-state index in [9.17, 15) is 0 Å². The molecule has 0 saturated heterocycles. The van der Waals surface area contributed by atoms with Crippen LogP contribution in [0.15, 0.2) is 6.07 Å². The summed E-state index contributed by atoms with van der Waals surface area (Å²) in [5, 5.41) is 3.42. The first-order valence-corrected chi connectivity index (χ1v) is 5.92. The Kier molecular flexibility index (Phi) is 2.40. The molecule has 1 aromatic heterocycles. The van der Waals surface area contributed by atoms with Crippen LogP contribution in [0, 0.1) is 18.3 Å². The predicted molar refractivity (Wildman–Crippen MR) is 60.5 cm³/mol. The Bertz CT molecular complexity index is 330. The Hall–Kier alpha value is -0.410. The van der Waals surface area contributed by atoms with Crippen molar-refractivity contribution in [2.75, 3.05) is 7.05 Å². The average Bonchev–Trinajstić information content (AvgIpc) is 2.56. The molecule has 1 aliphatic carbocycles. The number of rotatable bonds is 3. The molecule has 14 heavy (non-hydrogen) atoms. The van der Waals surface area contributed by atoms with Gasteiger partial charge in [-0.15, -0.1) is 0 Å². The number of nitrogens with zero attached hydrogens (tertiary/aromatic N) is 1. The van der Waals surface area contributed by atoms with Crippen LogP contribution in [0.4, 0.5) is 0 Å². The third-order valence-electron chi connectivity index (χ3n) is 3.26. The molecular formula is C11H18N2S. The first-order valence-electron chi connectivity index (χ1n) is 5.15. The Morgan fingerprint density at radius 1 is 1.64 bits per heavy atom. The maximum absolute atomic E-state index is 4.35. The second-order valence-electron chi connectivity index (χ2n) is 4.94. The molecule has 3 heteroatoms. The monoisotopic (exact) mass is 210 g/mol. The minimum Gasteiger partial charge on any atom is -0.312 e. The minimum atomic E-state index is 0.510. The molecule has 1 N–H and O–H groups in total. The van der Waals surface area contributed by atoms with Gasteiger partial charge in [0.15, 0.2) is 0 Å². The highest BCUT2D eigenvalue weighted by atomic mass is 32.1. The van der Waals surface area contributed by atoms with E-state index in [0.717, 1.165) is 11.6 Å². The summed E-state index contributed by atoms with van der Waals surface area (Å²) < 4.78 is 4.35. The zero-order valence-corrected chi connectivity index (χ0v) is 10.1. The summed E-state index contributed by atoms with van der Waals surface area (Å²) in [6.45, 7) is 6.75. The van der Waals surface area contributed by atoms with Crippen LogP contribution in [-0.2, 0) is 0 Å². The van der Waals surface area contributed by atoms with Crippen LogP contribution in [-0.4, -0.2) is 11.4 Å². The van der Waals surface area contributed by atoms with E-state index in [0.29, 0.717) is 11.5 Å². The second kappa shape index (κ2) is 3.31. The molecule has 0 aliphatic heterocycles. The van der Waals surface area contributed by atoms with Gasteiger partial charge in [0.05, 0.1) is 5.69 Å². The molecule has 78 valence electrons. The molecule has 0 spiro atoms. The molecule has 1 fully saturated rings. The first-order chi connectivity index (χ1) is 6.54. The molecule has 2 unspecified atom stereocenters.